The molecule has 2 saturated heterocycles. The van der Waals surface area contributed by atoms with Gasteiger partial charge in [-0.15, -0.1) is 23.2 Å². The van der Waals surface area contributed by atoms with Gasteiger partial charge in [0.25, 0.3) is 11.8 Å². The number of carbonyl (C=O) groups is 4. The molecule has 0 bridgehead atoms. The van der Waals surface area contributed by atoms with E-state index in [1.54, 1.807) is 0 Å². The monoisotopic (exact) mass is 626 g/mol. The van der Waals surface area contributed by atoms with Crippen LogP contribution in [0.5, 0.6) is 5.75 Å². The smallest absolute Gasteiger partial charge is 0.254 e. The summed E-state index contributed by atoms with van der Waals surface area (Å²) in [7, 11) is 0. The van der Waals surface area contributed by atoms with Crippen molar-refractivity contribution in [3.63, 3.8) is 0 Å². The molecule has 4 amide bonds. The molecule has 2 aliphatic heterocycles. The minimum absolute atomic E-state index is 0.103. The standard InChI is InChI=1S/C27H26BrCl2FN2O5/c28-12-32-24(37)26(29)11-17-15(21(27(26,30)25(32)38)13-6-9-19(34)18(31)10-13)7-8-16-20(17)23(36)33(22(16)35)14-4-2-1-3-5-14/h6-7,9-10,14,16-17,20-21,34H,1-5,8,11-12H2. The molecule has 2 saturated carbocycles. The second-order valence-electron chi connectivity index (χ2n) is 11.0. The second-order valence-corrected chi connectivity index (χ2v) is 12.8. The summed E-state index contributed by atoms with van der Waals surface area (Å²) in [6.45, 7) is 0. The number of rotatable bonds is 3. The molecular weight excluding hydrogens is 602 g/mol. The number of fused-ring (bicyclic) bond motifs is 4. The number of allylic oxidation sites excluding steroid dienone is 2. The Morgan fingerprint density at radius 1 is 1.03 bits per heavy atom. The lowest BCUT2D eigenvalue weighted by Crippen LogP contribution is -2.60. The fraction of sp³-hybridized carbons (Fsp3) is 0.556. The highest BCUT2D eigenvalue weighted by molar-refractivity contribution is 9.09. The number of hydrogen-bond acceptors (Lipinski definition) is 5. The molecule has 6 unspecified atom stereocenters. The number of amides is 4. The topological polar surface area (TPSA) is 95.0 Å². The van der Waals surface area contributed by atoms with Gasteiger partial charge in [-0.05, 0) is 49.3 Å². The van der Waals surface area contributed by atoms with E-state index >= 15 is 0 Å². The Labute approximate surface area is 237 Å². The number of nitrogens with zero attached hydrogens (tertiary/aromatic N) is 2. The number of likely N-dealkylation sites (tertiary alicyclic amines) is 2. The summed E-state index contributed by atoms with van der Waals surface area (Å²) >= 11 is 17.4. The molecule has 6 rings (SSSR count). The Morgan fingerprint density at radius 3 is 2.39 bits per heavy atom. The Balaban J connectivity index is 1.50. The van der Waals surface area contributed by atoms with Crippen LogP contribution in [0.25, 0.3) is 0 Å². The normalized spacial score (nSPS) is 37.3. The number of aromatic hydroxyl groups is 1. The average molecular weight is 628 g/mol. The van der Waals surface area contributed by atoms with E-state index in [9.17, 15) is 28.7 Å². The Hall–Kier alpha value is -1.97. The van der Waals surface area contributed by atoms with Crippen molar-refractivity contribution < 1.29 is 28.7 Å². The van der Waals surface area contributed by atoms with Crippen LogP contribution in [0.4, 0.5) is 4.39 Å². The zero-order chi connectivity index (χ0) is 27.1. The van der Waals surface area contributed by atoms with E-state index in [0.29, 0.717) is 5.57 Å². The predicted molar refractivity (Wildman–Crippen MR) is 140 cm³/mol. The van der Waals surface area contributed by atoms with Crippen molar-refractivity contribution in [2.24, 2.45) is 17.8 Å². The molecule has 0 aromatic heterocycles. The summed E-state index contributed by atoms with van der Waals surface area (Å²) < 4.78 is 14.6. The van der Waals surface area contributed by atoms with Crippen molar-refractivity contribution >= 4 is 62.8 Å². The molecule has 5 aliphatic rings. The third-order valence-corrected chi connectivity index (χ3v) is 11.2. The van der Waals surface area contributed by atoms with Gasteiger partial charge in [0.2, 0.25) is 11.8 Å². The number of carbonyl (C=O) groups excluding carboxylic acids is 4. The van der Waals surface area contributed by atoms with Crippen molar-refractivity contribution in [2.75, 3.05) is 5.45 Å². The molecule has 4 fully saturated rings. The van der Waals surface area contributed by atoms with Crippen LogP contribution in [0.3, 0.4) is 0 Å². The number of halogens is 4. The predicted octanol–water partition coefficient (Wildman–Crippen LogP) is 4.58. The van der Waals surface area contributed by atoms with Gasteiger partial charge in [0.05, 0.1) is 17.3 Å². The summed E-state index contributed by atoms with van der Waals surface area (Å²) in [6.07, 6.45) is 6.52. The van der Waals surface area contributed by atoms with Crippen LogP contribution in [-0.2, 0) is 19.2 Å². The first kappa shape index (κ1) is 26.3. The van der Waals surface area contributed by atoms with Crippen LogP contribution >= 0.6 is 39.1 Å². The van der Waals surface area contributed by atoms with E-state index < -0.39 is 56.8 Å². The molecule has 0 spiro atoms. The van der Waals surface area contributed by atoms with Crippen molar-refractivity contribution in [2.45, 2.75) is 66.7 Å². The van der Waals surface area contributed by atoms with E-state index in [2.05, 4.69) is 15.9 Å². The molecule has 7 nitrogen and oxygen atoms in total. The minimum Gasteiger partial charge on any atom is -0.505 e. The van der Waals surface area contributed by atoms with Crippen molar-refractivity contribution in [3.05, 3.63) is 41.2 Å². The maximum absolute atomic E-state index is 14.6. The van der Waals surface area contributed by atoms with Gasteiger partial charge in [-0.3, -0.25) is 29.0 Å². The van der Waals surface area contributed by atoms with Crippen molar-refractivity contribution in [1.82, 2.24) is 9.80 Å². The lowest BCUT2D eigenvalue weighted by atomic mass is 9.56. The molecule has 1 aromatic carbocycles. The summed E-state index contributed by atoms with van der Waals surface area (Å²) in [6, 6.07) is 3.56. The van der Waals surface area contributed by atoms with Crippen LogP contribution in [0.1, 0.15) is 56.4 Å². The third-order valence-electron chi connectivity index (χ3n) is 9.29. The van der Waals surface area contributed by atoms with Gasteiger partial charge < -0.3 is 5.11 Å². The first-order valence-corrected chi connectivity index (χ1v) is 14.8. The highest BCUT2D eigenvalue weighted by atomic mass is 79.9. The van der Waals surface area contributed by atoms with Gasteiger partial charge in [0.15, 0.2) is 21.3 Å². The van der Waals surface area contributed by atoms with Crippen molar-refractivity contribution in [3.8, 4) is 5.75 Å². The lowest BCUT2D eigenvalue weighted by molar-refractivity contribution is -0.144. The Morgan fingerprint density at radius 2 is 1.74 bits per heavy atom. The van der Waals surface area contributed by atoms with Gasteiger partial charge in [-0.25, -0.2) is 4.39 Å². The molecule has 11 heteroatoms. The molecule has 2 heterocycles. The zero-order valence-corrected chi connectivity index (χ0v) is 23.4. The number of alkyl halides is 3. The van der Waals surface area contributed by atoms with Crippen LogP contribution in [0.2, 0.25) is 0 Å². The molecule has 38 heavy (non-hydrogen) atoms. The van der Waals surface area contributed by atoms with E-state index in [0.717, 1.165) is 49.1 Å². The maximum Gasteiger partial charge on any atom is 0.254 e. The molecule has 1 N–H and O–H groups in total. The lowest BCUT2D eigenvalue weighted by Gasteiger charge is -2.50. The van der Waals surface area contributed by atoms with Gasteiger partial charge in [0, 0.05) is 12.0 Å². The van der Waals surface area contributed by atoms with Gasteiger partial charge in [-0.2, -0.15) is 0 Å². The minimum atomic E-state index is -1.99. The van der Waals surface area contributed by atoms with E-state index in [1.807, 2.05) is 6.08 Å². The fourth-order valence-corrected chi connectivity index (χ4v) is 8.98. The van der Waals surface area contributed by atoms with Crippen LogP contribution in [-0.4, -0.2) is 59.8 Å². The summed E-state index contributed by atoms with van der Waals surface area (Å²) in [5.74, 6) is -6.38. The van der Waals surface area contributed by atoms with Gasteiger partial charge in [0.1, 0.15) is 0 Å². The van der Waals surface area contributed by atoms with Gasteiger partial charge >= 0.3 is 0 Å². The summed E-state index contributed by atoms with van der Waals surface area (Å²) in [5.41, 5.74) is 0.729. The highest BCUT2D eigenvalue weighted by Crippen LogP contribution is 2.65. The molecule has 6 atom stereocenters. The van der Waals surface area contributed by atoms with E-state index in [-0.39, 0.29) is 41.7 Å². The maximum atomic E-state index is 14.6. The molecule has 0 radical (unpaired) electrons. The Bertz CT molecular complexity index is 1300. The summed E-state index contributed by atoms with van der Waals surface area (Å²) in [5, 5.41) is 9.82. The third kappa shape index (κ3) is 3.30. The zero-order valence-electron chi connectivity index (χ0n) is 20.3. The van der Waals surface area contributed by atoms with Crippen LogP contribution in [0.15, 0.2) is 29.8 Å². The molecular formula is C27H26BrCl2FN2O5. The summed E-state index contributed by atoms with van der Waals surface area (Å²) in [4.78, 5) is 53.2. The number of phenolic OH excluding ortho intramolecular Hbond substituents is 1. The molecule has 202 valence electrons. The first-order chi connectivity index (χ1) is 18.1. The van der Waals surface area contributed by atoms with Crippen molar-refractivity contribution in [1.29, 1.82) is 0 Å². The molecule has 3 aliphatic carbocycles. The van der Waals surface area contributed by atoms with Gasteiger partial charge in [-0.1, -0.05) is 52.9 Å². The number of phenols is 1. The number of hydrogen-bond donors (Lipinski definition) is 1. The first-order valence-electron chi connectivity index (χ1n) is 12.9. The van der Waals surface area contributed by atoms with Crippen LogP contribution < -0.4 is 0 Å². The van der Waals surface area contributed by atoms with E-state index in [4.69, 9.17) is 23.2 Å². The highest BCUT2D eigenvalue weighted by Gasteiger charge is 2.76. The number of benzene rings is 1. The van der Waals surface area contributed by atoms with E-state index in [1.165, 1.54) is 11.0 Å². The number of imide groups is 2. The fourth-order valence-electron chi connectivity index (χ4n) is 7.55. The SMILES string of the molecule is O=C1C2CC=C3C(CC4(Cl)C(=O)N(CBr)C(=O)C4(Cl)C3c3ccc(O)c(F)c3)C2C(=O)N1C1CCCCC1. The quantitative estimate of drug-likeness (QED) is 0.229. The average Bonchev–Trinajstić information content (AvgIpc) is 3.24. The largest absolute Gasteiger partial charge is 0.505 e. The second kappa shape index (κ2) is 9.03. The molecule has 1 aromatic rings. The Kier molecular flexibility index (Phi) is 6.24. The van der Waals surface area contributed by atoms with Crippen LogP contribution in [0, 0.1) is 23.6 Å².